The van der Waals surface area contributed by atoms with E-state index in [0.29, 0.717) is 6.54 Å². The third kappa shape index (κ3) is 7.31. The van der Waals surface area contributed by atoms with E-state index >= 15 is 0 Å². The van der Waals surface area contributed by atoms with E-state index in [-0.39, 0.29) is 5.92 Å². The molecule has 0 bridgehead atoms. The Morgan fingerprint density at radius 2 is 2.08 bits per heavy atom. The average molecular weight is 187 g/mol. The van der Waals surface area contributed by atoms with E-state index in [2.05, 4.69) is 5.32 Å². The Morgan fingerprint density at radius 1 is 1.54 bits per heavy atom. The maximum Gasteiger partial charge on any atom is 0.407 e. The number of ether oxygens (including phenoxy) is 1. The maximum atomic E-state index is 11.0. The molecule has 0 fully saturated rings. The van der Waals surface area contributed by atoms with E-state index in [9.17, 15) is 9.59 Å². The molecule has 0 saturated carbocycles. The van der Waals surface area contributed by atoms with Crippen molar-refractivity contribution in [3.05, 3.63) is 0 Å². The minimum atomic E-state index is -0.492. The molecule has 1 N–H and O–H groups in total. The van der Waals surface area contributed by atoms with E-state index in [1.54, 1.807) is 27.7 Å². The molecule has 0 aromatic rings. The summed E-state index contributed by atoms with van der Waals surface area (Å²) in [6, 6.07) is 0. The number of alkyl carbamates (subject to hydrolysis) is 1. The monoisotopic (exact) mass is 187 g/mol. The molecule has 0 heterocycles. The molecule has 4 heteroatoms. The summed E-state index contributed by atoms with van der Waals surface area (Å²) >= 11 is 0. The smallest absolute Gasteiger partial charge is 0.407 e. The Labute approximate surface area is 78.6 Å². The highest BCUT2D eigenvalue weighted by Gasteiger charge is 2.15. The van der Waals surface area contributed by atoms with Gasteiger partial charge in [0.15, 0.2) is 0 Å². The summed E-state index contributed by atoms with van der Waals surface area (Å²) < 4.78 is 4.97. The van der Waals surface area contributed by atoms with E-state index in [1.807, 2.05) is 0 Å². The molecule has 0 spiro atoms. The van der Waals surface area contributed by atoms with Gasteiger partial charge in [0.1, 0.15) is 11.9 Å². The van der Waals surface area contributed by atoms with Gasteiger partial charge >= 0.3 is 6.09 Å². The molecule has 13 heavy (non-hydrogen) atoms. The van der Waals surface area contributed by atoms with E-state index < -0.39 is 11.7 Å². The molecule has 0 aliphatic heterocycles. The lowest BCUT2D eigenvalue weighted by Crippen LogP contribution is -2.35. The summed E-state index contributed by atoms with van der Waals surface area (Å²) in [5, 5.41) is 2.50. The second-order valence-corrected chi connectivity index (χ2v) is 4.00. The van der Waals surface area contributed by atoms with Crippen LogP contribution < -0.4 is 5.32 Å². The van der Waals surface area contributed by atoms with Gasteiger partial charge in [0, 0.05) is 12.5 Å². The van der Waals surface area contributed by atoms with Gasteiger partial charge in [0.2, 0.25) is 0 Å². The summed E-state index contributed by atoms with van der Waals surface area (Å²) in [7, 11) is 0. The first-order chi connectivity index (χ1) is 5.85. The Morgan fingerprint density at radius 3 is 2.46 bits per heavy atom. The summed E-state index contributed by atoms with van der Waals surface area (Å²) in [6.45, 7) is 7.41. The third-order valence-corrected chi connectivity index (χ3v) is 1.20. The van der Waals surface area contributed by atoms with Gasteiger partial charge in [-0.25, -0.2) is 4.79 Å². The average Bonchev–Trinajstić information content (AvgIpc) is 1.97. The van der Waals surface area contributed by atoms with Crippen molar-refractivity contribution in [2.75, 3.05) is 6.54 Å². The van der Waals surface area contributed by atoms with Gasteiger partial charge in [-0.3, -0.25) is 0 Å². The van der Waals surface area contributed by atoms with Crippen LogP contribution in [-0.2, 0) is 9.53 Å². The van der Waals surface area contributed by atoms with Crippen molar-refractivity contribution < 1.29 is 14.3 Å². The molecule has 0 saturated heterocycles. The van der Waals surface area contributed by atoms with Crippen LogP contribution in [0, 0.1) is 5.92 Å². The predicted molar refractivity (Wildman–Crippen MR) is 49.5 cm³/mol. The number of carbonyl (C=O) groups excluding carboxylic acids is 2. The van der Waals surface area contributed by atoms with Gasteiger partial charge < -0.3 is 14.8 Å². The first-order valence-corrected chi connectivity index (χ1v) is 4.27. The number of amides is 1. The van der Waals surface area contributed by atoms with Gasteiger partial charge in [-0.2, -0.15) is 0 Å². The molecule has 0 aliphatic carbocycles. The van der Waals surface area contributed by atoms with Crippen molar-refractivity contribution in [3.63, 3.8) is 0 Å². The molecule has 0 rings (SSSR count). The lowest BCUT2D eigenvalue weighted by atomic mass is 10.2. The standard InChI is InChI=1S/C9H17NO3/c1-7(6-11)5-10-8(12)13-9(2,3)4/h6-7H,5H2,1-4H3,(H,10,12)/t7-/m1/s1. The first kappa shape index (κ1) is 11.9. The zero-order valence-corrected chi connectivity index (χ0v) is 8.59. The molecule has 76 valence electrons. The summed E-state index contributed by atoms with van der Waals surface area (Å²) in [6.07, 6.45) is 0.304. The van der Waals surface area contributed by atoms with Crippen LogP contribution in [0.15, 0.2) is 0 Å². The first-order valence-electron chi connectivity index (χ1n) is 4.27. The zero-order valence-electron chi connectivity index (χ0n) is 8.59. The maximum absolute atomic E-state index is 11.0. The molecular formula is C9H17NO3. The van der Waals surface area contributed by atoms with Crippen molar-refractivity contribution in [3.8, 4) is 0 Å². The van der Waals surface area contributed by atoms with Crippen LogP contribution in [0.1, 0.15) is 27.7 Å². The van der Waals surface area contributed by atoms with Crippen molar-refractivity contribution in [2.24, 2.45) is 5.92 Å². The predicted octanol–water partition coefficient (Wildman–Crippen LogP) is 1.35. The van der Waals surface area contributed by atoms with Gasteiger partial charge in [0.25, 0.3) is 0 Å². The molecule has 4 nitrogen and oxygen atoms in total. The minimum Gasteiger partial charge on any atom is -0.444 e. The Hall–Kier alpha value is -1.06. The lowest BCUT2D eigenvalue weighted by Gasteiger charge is -2.19. The number of aldehydes is 1. The van der Waals surface area contributed by atoms with Crippen LogP contribution >= 0.6 is 0 Å². The summed E-state index contributed by atoms with van der Waals surface area (Å²) in [4.78, 5) is 21.2. The Bertz CT molecular complexity index is 184. The highest BCUT2D eigenvalue weighted by molar-refractivity contribution is 5.68. The quantitative estimate of drug-likeness (QED) is 0.678. The highest BCUT2D eigenvalue weighted by atomic mass is 16.6. The van der Waals surface area contributed by atoms with Gasteiger partial charge in [-0.05, 0) is 20.8 Å². The molecule has 0 radical (unpaired) electrons. The Kier molecular flexibility index (Phi) is 4.45. The highest BCUT2D eigenvalue weighted by Crippen LogP contribution is 2.06. The molecule has 0 aromatic carbocycles. The van der Waals surface area contributed by atoms with Gasteiger partial charge in [-0.15, -0.1) is 0 Å². The summed E-state index contributed by atoms with van der Waals surface area (Å²) in [5.74, 6) is -0.174. The molecule has 0 aliphatic rings. The van der Waals surface area contributed by atoms with Crippen LogP contribution in [0.4, 0.5) is 4.79 Å². The zero-order chi connectivity index (χ0) is 10.5. The topological polar surface area (TPSA) is 55.4 Å². The normalized spacial score (nSPS) is 13.2. The fourth-order valence-corrected chi connectivity index (χ4v) is 0.607. The molecule has 1 atom stereocenters. The largest absolute Gasteiger partial charge is 0.444 e. The number of rotatable bonds is 3. The second-order valence-electron chi connectivity index (χ2n) is 4.00. The fraction of sp³-hybridized carbons (Fsp3) is 0.778. The second kappa shape index (κ2) is 4.84. The van der Waals surface area contributed by atoms with E-state index in [0.717, 1.165) is 6.29 Å². The molecule has 0 unspecified atom stereocenters. The fourth-order valence-electron chi connectivity index (χ4n) is 0.607. The van der Waals surface area contributed by atoms with Gasteiger partial charge in [0.05, 0.1) is 0 Å². The molecular weight excluding hydrogens is 170 g/mol. The number of nitrogens with one attached hydrogen (secondary N) is 1. The number of hydrogen-bond acceptors (Lipinski definition) is 3. The number of hydrogen-bond donors (Lipinski definition) is 1. The SMILES string of the molecule is C[C@@H](C=O)CNC(=O)OC(C)(C)C. The van der Waals surface area contributed by atoms with Crippen LogP contribution in [0.5, 0.6) is 0 Å². The lowest BCUT2D eigenvalue weighted by molar-refractivity contribution is -0.110. The third-order valence-electron chi connectivity index (χ3n) is 1.20. The van der Waals surface area contributed by atoms with Crippen LogP contribution in [-0.4, -0.2) is 24.5 Å². The van der Waals surface area contributed by atoms with Crippen molar-refractivity contribution in [1.29, 1.82) is 0 Å². The number of carbonyl (C=O) groups is 2. The summed E-state index contributed by atoms with van der Waals surface area (Å²) in [5.41, 5.74) is -0.492. The van der Waals surface area contributed by atoms with Crippen molar-refractivity contribution in [1.82, 2.24) is 5.32 Å². The van der Waals surface area contributed by atoms with Gasteiger partial charge in [-0.1, -0.05) is 6.92 Å². The van der Waals surface area contributed by atoms with E-state index in [4.69, 9.17) is 4.74 Å². The minimum absolute atomic E-state index is 0.174. The molecule has 0 aromatic heterocycles. The van der Waals surface area contributed by atoms with Crippen molar-refractivity contribution >= 4 is 12.4 Å². The molecule has 1 amide bonds. The van der Waals surface area contributed by atoms with Crippen LogP contribution in [0.25, 0.3) is 0 Å². The van der Waals surface area contributed by atoms with Crippen LogP contribution in [0.2, 0.25) is 0 Å². The van der Waals surface area contributed by atoms with E-state index in [1.165, 1.54) is 0 Å². The van der Waals surface area contributed by atoms with Crippen molar-refractivity contribution in [2.45, 2.75) is 33.3 Å². The van der Waals surface area contributed by atoms with Crippen LogP contribution in [0.3, 0.4) is 0 Å². The Balaban J connectivity index is 3.70.